The second-order valence-corrected chi connectivity index (χ2v) is 6.56. The molecular weight excluding hydrogens is 288 g/mol. The summed E-state index contributed by atoms with van der Waals surface area (Å²) in [5, 5.41) is 0. The third-order valence-electron chi connectivity index (χ3n) is 4.81. The van der Waals surface area contributed by atoms with Gasteiger partial charge in [-0.2, -0.15) is 0 Å². The molecule has 0 N–H and O–H groups in total. The number of nitrogens with zero attached hydrogens (tertiary/aromatic N) is 4. The van der Waals surface area contributed by atoms with E-state index in [0.717, 1.165) is 38.4 Å². The predicted molar refractivity (Wildman–Crippen MR) is 95.0 cm³/mol. The highest BCUT2D eigenvalue weighted by Crippen LogP contribution is 2.18. The van der Waals surface area contributed by atoms with Crippen LogP contribution < -0.4 is 4.90 Å². The topological polar surface area (TPSA) is 39.7 Å². The minimum atomic E-state index is 0.102. The smallest absolute Gasteiger partial charge is 0.255 e. The molecule has 0 aromatic carbocycles. The fraction of sp³-hybridized carbons (Fsp3) is 0.667. The van der Waals surface area contributed by atoms with Crippen molar-refractivity contribution in [1.82, 2.24) is 14.8 Å². The van der Waals surface area contributed by atoms with E-state index in [1.807, 2.05) is 24.1 Å². The van der Waals surface area contributed by atoms with Crippen molar-refractivity contribution in [3.05, 3.63) is 23.9 Å². The van der Waals surface area contributed by atoms with E-state index < -0.39 is 0 Å². The zero-order chi connectivity index (χ0) is 17.0. The molecule has 128 valence electrons. The van der Waals surface area contributed by atoms with Crippen molar-refractivity contribution in [1.29, 1.82) is 0 Å². The minimum absolute atomic E-state index is 0.102. The molecule has 0 radical (unpaired) electrons. The maximum atomic E-state index is 12.7. The van der Waals surface area contributed by atoms with Crippen molar-refractivity contribution in [2.24, 2.45) is 0 Å². The Morgan fingerprint density at radius 1 is 1.35 bits per heavy atom. The Balaban J connectivity index is 2.06. The fourth-order valence-corrected chi connectivity index (χ4v) is 3.18. The normalized spacial score (nSPS) is 19.2. The van der Waals surface area contributed by atoms with Gasteiger partial charge in [0.25, 0.3) is 5.91 Å². The molecule has 1 atom stereocenters. The number of rotatable bonds is 5. The Morgan fingerprint density at radius 3 is 2.61 bits per heavy atom. The number of carbonyl (C=O) groups excluding carboxylic acids is 1. The molecule has 1 saturated heterocycles. The quantitative estimate of drug-likeness (QED) is 0.836. The van der Waals surface area contributed by atoms with Crippen LogP contribution in [0.4, 0.5) is 5.82 Å². The summed E-state index contributed by atoms with van der Waals surface area (Å²) in [5.41, 5.74) is 0.686. The van der Waals surface area contributed by atoms with E-state index in [9.17, 15) is 4.79 Å². The monoisotopic (exact) mass is 318 g/mol. The van der Waals surface area contributed by atoms with E-state index in [1.165, 1.54) is 0 Å². The molecule has 0 bridgehead atoms. The van der Waals surface area contributed by atoms with Gasteiger partial charge in [0.05, 0.1) is 5.56 Å². The highest BCUT2D eigenvalue weighted by Gasteiger charge is 2.30. The molecule has 0 spiro atoms. The van der Waals surface area contributed by atoms with Crippen molar-refractivity contribution >= 4 is 11.7 Å². The molecule has 23 heavy (non-hydrogen) atoms. The first-order chi connectivity index (χ1) is 11.0. The summed E-state index contributed by atoms with van der Waals surface area (Å²) in [7, 11) is 2.00. The number of aromatic nitrogens is 1. The van der Waals surface area contributed by atoms with Gasteiger partial charge in [-0.15, -0.1) is 0 Å². The standard InChI is InChI=1S/C18H30N4O/c1-6-16-13-21(10-11-22(16)14(3)4)18(23)15-8-9-17(19-12-15)20(5)7-2/h8-9,12,14,16H,6-7,10-11,13H2,1-5H3/t16-/m0/s1. The molecule has 0 saturated carbocycles. The third-order valence-corrected chi connectivity index (χ3v) is 4.81. The Labute approximate surface area is 140 Å². The lowest BCUT2D eigenvalue weighted by atomic mass is 10.1. The largest absolute Gasteiger partial charge is 0.360 e. The first-order valence-corrected chi connectivity index (χ1v) is 8.70. The van der Waals surface area contributed by atoms with Crippen LogP contribution >= 0.6 is 0 Å². The van der Waals surface area contributed by atoms with Crippen molar-refractivity contribution in [3.8, 4) is 0 Å². The van der Waals surface area contributed by atoms with Crippen LogP contribution in [0.15, 0.2) is 18.3 Å². The highest BCUT2D eigenvalue weighted by molar-refractivity contribution is 5.94. The third kappa shape index (κ3) is 4.02. The fourth-order valence-electron chi connectivity index (χ4n) is 3.18. The highest BCUT2D eigenvalue weighted by atomic mass is 16.2. The molecule has 0 aliphatic carbocycles. The van der Waals surface area contributed by atoms with Gasteiger partial charge in [0.1, 0.15) is 5.82 Å². The number of carbonyl (C=O) groups is 1. The van der Waals surface area contributed by atoms with Gasteiger partial charge >= 0.3 is 0 Å². The van der Waals surface area contributed by atoms with Gasteiger partial charge in [0.2, 0.25) is 0 Å². The average Bonchev–Trinajstić information content (AvgIpc) is 2.59. The lowest BCUT2D eigenvalue weighted by Gasteiger charge is -2.43. The number of pyridine rings is 1. The molecule has 1 amide bonds. The Morgan fingerprint density at radius 2 is 2.09 bits per heavy atom. The minimum Gasteiger partial charge on any atom is -0.360 e. The summed E-state index contributed by atoms with van der Waals surface area (Å²) < 4.78 is 0. The van der Waals surface area contributed by atoms with Crippen LogP contribution in [0.2, 0.25) is 0 Å². The number of hydrogen-bond donors (Lipinski definition) is 0. The van der Waals surface area contributed by atoms with Gasteiger partial charge in [-0.25, -0.2) is 4.98 Å². The Kier molecular flexibility index (Phi) is 5.99. The second-order valence-electron chi connectivity index (χ2n) is 6.56. The summed E-state index contributed by atoms with van der Waals surface area (Å²) in [4.78, 5) is 23.7. The average molecular weight is 318 g/mol. The van der Waals surface area contributed by atoms with Gasteiger partial charge in [-0.3, -0.25) is 9.69 Å². The molecule has 1 aliphatic rings. The van der Waals surface area contributed by atoms with Gasteiger partial charge < -0.3 is 9.80 Å². The van der Waals surface area contributed by atoms with Crippen LogP contribution in [0.25, 0.3) is 0 Å². The van der Waals surface area contributed by atoms with Crippen LogP contribution in [0.1, 0.15) is 44.5 Å². The number of hydrogen-bond acceptors (Lipinski definition) is 4. The maximum absolute atomic E-state index is 12.7. The lowest BCUT2D eigenvalue weighted by Crippen LogP contribution is -2.56. The molecule has 1 aromatic heterocycles. The Bertz CT molecular complexity index is 514. The predicted octanol–water partition coefficient (Wildman–Crippen LogP) is 2.48. The molecule has 1 aliphatic heterocycles. The number of amides is 1. The van der Waals surface area contributed by atoms with E-state index in [-0.39, 0.29) is 5.91 Å². The maximum Gasteiger partial charge on any atom is 0.255 e. The molecule has 5 nitrogen and oxygen atoms in total. The van der Waals surface area contributed by atoms with Gasteiger partial charge in [-0.1, -0.05) is 6.92 Å². The van der Waals surface area contributed by atoms with Crippen LogP contribution in [-0.2, 0) is 0 Å². The van der Waals surface area contributed by atoms with Crippen LogP contribution in [-0.4, -0.2) is 66.0 Å². The van der Waals surface area contributed by atoms with E-state index in [1.54, 1.807) is 6.20 Å². The summed E-state index contributed by atoms with van der Waals surface area (Å²) in [6.07, 6.45) is 2.78. The first kappa shape index (κ1) is 17.7. The SMILES string of the molecule is CC[C@H]1CN(C(=O)c2ccc(N(C)CC)nc2)CCN1C(C)C. The zero-order valence-electron chi connectivity index (χ0n) is 15.1. The molecule has 1 aromatic rings. The summed E-state index contributed by atoms with van der Waals surface area (Å²) in [6, 6.07) is 4.80. The molecule has 0 unspecified atom stereocenters. The molecular formula is C18H30N4O. The summed E-state index contributed by atoms with van der Waals surface area (Å²) >= 11 is 0. The van der Waals surface area contributed by atoms with Crippen molar-refractivity contribution < 1.29 is 4.79 Å². The van der Waals surface area contributed by atoms with Gasteiger partial charge in [0.15, 0.2) is 0 Å². The first-order valence-electron chi connectivity index (χ1n) is 8.70. The lowest BCUT2D eigenvalue weighted by molar-refractivity contribution is 0.0371. The van der Waals surface area contributed by atoms with Crippen molar-refractivity contribution in [2.75, 3.05) is 38.1 Å². The van der Waals surface area contributed by atoms with E-state index in [4.69, 9.17) is 0 Å². The molecule has 2 heterocycles. The van der Waals surface area contributed by atoms with Gasteiger partial charge in [-0.05, 0) is 39.3 Å². The summed E-state index contributed by atoms with van der Waals surface area (Å²) in [6.45, 7) is 12.2. The molecule has 1 fully saturated rings. The molecule has 5 heteroatoms. The van der Waals surface area contributed by atoms with Gasteiger partial charge in [0, 0.05) is 51.5 Å². The van der Waals surface area contributed by atoms with Crippen molar-refractivity contribution in [2.45, 2.75) is 46.2 Å². The zero-order valence-corrected chi connectivity index (χ0v) is 15.1. The van der Waals surface area contributed by atoms with Crippen LogP contribution in [0.5, 0.6) is 0 Å². The number of piperazine rings is 1. The van der Waals surface area contributed by atoms with Crippen LogP contribution in [0, 0.1) is 0 Å². The van der Waals surface area contributed by atoms with E-state index in [2.05, 4.69) is 42.5 Å². The van der Waals surface area contributed by atoms with E-state index in [0.29, 0.717) is 17.6 Å². The summed E-state index contributed by atoms with van der Waals surface area (Å²) in [5.74, 6) is 1.00. The van der Waals surface area contributed by atoms with Crippen molar-refractivity contribution in [3.63, 3.8) is 0 Å². The molecule has 2 rings (SSSR count). The Hall–Kier alpha value is -1.62. The van der Waals surface area contributed by atoms with E-state index >= 15 is 0 Å². The van der Waals surface area contributed by atoms with Crippen LogP contribution in [0.3, 0.4) is 0 Å². The number of anilines is 1. The second kappa shape index (κ2) is 7.77.